The van der Waals surface area contributed by atoms with E-state index in [0.29, 0.717) is 24.5 Å². The molecule has 2 heterocycles. The first-order valence-electron chi connectivity index (χ1n) is 5.01. The predicted molar refractivity (Wildman–Crippen MR) is 51.5 cm³/mol. The minimum absolute atomic E-state index is 0.250. The SMILES string of the molecule is Cc1nonc1CN1CC(O)CC1C(=O)O. The van der Waals surface area contributed by atoms with Gasteiger partial charge < -0.3 is 10.2 Å². The lowest BCUT2D eigenvalue weighted by Gasteiger charge is -2.18. The molecule has 16 heavy (non-hydrogen) atoms. The van der Waals surface area contributed by atoms with Crippen molar-refractivity contribution < 1.29 is 19.6 Å². The Kier molecular flexibility index (Phi) is 2.88. The van der Waals surface area contributed by atoms with Crippen molar-refractivity contribution in [3.05, 3.63) is 11.4 Å². The van der Waals surface area contributed by atoms with Crippen LogP contribution < -0.4 is 0 Å². The van der Waals surface area contributed by atoms with E-state index in [1.807, 2.05) is 0 Å². The zero-order chi connectivity index (χ0) is 11.7. The molecule has 88 valence electrons. The molecule has 0 aliphatic carbocycles. The normalized spacial score (nSPS) is 26.1. The van der Waals surface area contributed by atoms with Gasteiger partial charge in [-0.3, -0.25) is 9.69 Å². The average Bonchev–Trinajstić information content (AvgIpc) is 2.75. The molecule has 0 aromatic carbocycles. The van der Waals surface area contributed by atoms with Crippen LogP contribution in [0.25, 0.3) is 0 Å². The van der Waals surface area contributed by atoms with Gasteiger partial charge in [0.1, 0.15) is 17.4 Å². The third-order valence-electron chi connectivity index (χ3n) is 2.77. The van der Waals surface area contributed by atoms with E-state index in [9.17, 15) is 9.90 Å². The molecule has 1 aliphatic rings. The number of carboxylic acids is 1. The number of rotatable bonds is 3. The van der Waals surface area contributed by atoms with E-state index in [2.05, 4.69) is 14.9 Å². The summed E-state index contributed by atoms with van der Waals surface area (Å²) in [6.07, 6.45) is -0.346. The Balaban J connectivity index is 2.09. The van der Waals surface area contributed by atoms with Gasteiger partial charge in [0.05, 0.1) is 6.10 Å². The summed E-state index contributed by atoms with van der Waals surface area (Å²) in [5.74, 6) is -0.925. The van der Waals surface area contributed by atoms with Crippen molar-refractivity contribution in [3.63, 3.8) is 0 Å². The van der Waals surface area contributed by atoms with Gasteiger partial charge >= 0.3 is 5.97 Å². The predicted octanol–water partition coefficient (Wildman–Crippen LogP) is -0.602. The molecule has 1 saturated heterocycles. The van der Waals surface area contributed by atoms with Crippen molar-refractivity contribution in [2.24, 2.45) is 0 Å². The first-order valence-corrected chi connectivity index (χ1v) is 5.01. The van der Waals surface area contributed by atoms with Gasteiger partial charge in [0.25, 0.3) is 0 Å². The summed E-state index contributed by atoms with van der Waals surface area (Å²) in [6, 6.07) is -0.661. The third kappa shape index (κ3) is 2.05. The zero-order valence-corrected chi connectivity index (χ0v) is 8.83. The van der Waals surface area contributed by atoms with Crippen molar-refractivity contribution in [1.29, 1.82) is 0 Å². The molecular formula is C9H13N3O4. The number of carbonyl (C=O) groups is 1. The molecule has 2 atom stereocenters. The van der Waals surface area contributed by atoms with Crippen LogP contribution in [-0.2, 0) is 11.3 Å². The summed E-state index contributed by atoms with van der Waals surface area (Å²) in [7, 11) is 0. The second kappa shape index (κ2) is 4.18. The summed E-state index contributed by atoms with van der Waals surface area (Å²) in [5, 5.41) is 25.8. The van der Waals surface area contributed by atoms with Crippen LogP contribution in [0.15, 0.2) is 4.63 Å². The fourth-order valence-electron chi connectivity index (χ4n) is 1.90. The number of hydrogen-bond donors (Lipinski definition) is 2. The van der Waals surface area contributed by atoms with Crippen molar-refractivity contribution in [3.8, 4) is 0 Å². The molecule has 1 aliphatic heterocycles. The van der Waals surface area contributed by atoms with E-state index >= 15 is 0 Å². The standard InChI is InChI=1S/C9H13N3O4/c1-5-7(11-16-10-5)4-12-3-6(13)2-8(12)9(14)15/h6,8,13H,2-4H2,1H3,(H,14,15). The molecule has 2 rings (SSSR count). The van der Waals surface area contributed by atoms with Crippen LogP contribution >= 0.6 is 0 Å². The number of likely N-dealkylation sites (tertiary alicyclic amines) is 1. The minimum Gasteiger partial charge on any atom is -0.480 e. The number of β-amino-alcohol motifs (C(OH)–C–C–N with tert-alkyl or cyclic N) is 1. The molecule has 1 aromatic heterocycles. The number of nitrogens with zero attached hydrogens (tertiary/aromatic N) is 3. The van der Waals surface area contributed by atoms with Crippen LogP contribution in [0.2, 0.25) is 0 Å². The van der Waals surface area contributed by atoms with Gasteiger partial charge in [0.2, 0.25) is 0 Å². The molecule has 1 fully saturated rings. The molecule has 0 spiro atoms. The van der Waals surface area contributed by atoms with E-state index in [4.69, 9.17) is 5.11 Å². The number of aliphatic hydroxyl groups is 1. The van der Waals surface area contributed by atoms with Crippen LogP contribution in [0.3, 0.4) is 0 Å². The summed E-state index contributed by atoms with van der Waals surface area (Å²) in [5.41, 5.74) is 1.26. The topological polar surface area (TPSA) is 99.7 Å². The highest BCUT2D eigenvalue weighted by Gasteiger charge is 2.36. The van der Waals surface area contributed by atoms with E-state index < -0.39 is 18.1 Å². The third-order valence-corrected chi connectivity index (χ3v) is 2.77. The summed E-state index contributed by atoms with van der Waals surface area (Å²) in [6.45, 7) is 2.42. The van der Waals surface area contributed by atoms with E-state index in [1.165, 1.54) is 0 Å². The highest BCUT2D eigenvalue weighted by atomic mass is 16.6. The quantitative estimate of drug-likeness (QED) is 0.711. The number of aliphatic carboxylic acids is 1. The lowest BCUT2D eigenvalue weighted by Crippen LogP contribution is -2.35. The van der Waals surface area contributed by atoms with Crippen LogP contribution in [0.4, 0.5) is 0 Å². The van der Waals surface area contributed by atoms with Crippen LogP contribution in [0.1, 0.15) is 17.8 Å². The molecule has 0 radical (unpaired) electrons. The molecule has 0 amide bonds. The Morgan fingerprint density at radius 2 is 2.38 bits per heavy atom. The van der Waals surface area contributed by atoms with Gasteiger partial charge in [-0.2, -0.15) is 0 Å². The number of hydrogen-bond acceptors (Lipinski definition) is 6. The molecule has 2 unspecified atom stereocenters. The Morgan fingerprint density at radius 3 is 2.94 bits per heavy atom. The van der Waals surface area contributed by atoms with E-state index in [1.54, 1.807) is 11.8 Å². The van der Waals surface area contributed by atoms with Crippen LogP contribution in [0.5, 0.6) is 0 Å². The average molecular weight is 227 g/mol. The smallest absolute Gasteiger partial charge is 0.321 e. The van der Waals surface area contributed by atoms with Gasteiger partial charge in [-0.05, 0) is 6.92 Å². The monoisotopic (exact) mass is 227 g/mol. The zero-order valence-electron chi connectivity index (χ0n) is 8.83. The second-order valence-corrected chi connectivity index (χ2v) is 3.97. The Bertz CT molecular complexity index is 392. The number of aryl methyl sites for hydroxylation is 1. The van der Waals surface area contributed by atoms with Crippen molar-refractivity contribution in [2.45, 2.75) is 32.0 Å². The largest absolute Gasteiger partial charge is 0.480 e. The lowest BCUT2D eigenvalue weighted by atomic mass is 10.2. The molecule has 2 N–H and O–H groups in total. The fourth-order valence-corrected chi connectivity index (χ4v) is 1.90. The highest BCUT2D eigenvalue weighted by molar-refractivity contribution is 5.74. The minimum atomic E-state index is -0.925. The highest BCUT2D eigenvalue weighted by Crippen LogP contribution is 2.20. The number of carboxylic acid groups (broad SMARTS) is 1. The Hall–Kier alpha value is -1.47. The van der Waals surface area contributed by atoms with Gasteiger partial charge in [0, 0.05) is 19.5 Å². The summed E-state index contributed by atoms with van der Waals surface area (Å²) in [4.78, 5) is 12.6. The Labute approximate surface area is 91.6 Å². The number of aliphatic hydroxyl groups excluding tert-OH is 1. The maximum absolute atomic E-state index is 11.0. The van der Waals surface area contributed by atoms with E-state index in [0.717, 1.165) is 0 Å². The molecule has 7 heteroatoms. The molecule has 0 bridgehead atoms. The van der Waals surface area contributed by atoms with Crippen molar-refractivity contribution >= 4 is 5.97 Å². The molecule has 1 aromatic rings. The maximum atomic E-state index is 11.0. The fraction of sp³-hybridized carbons (Fsp3) is 0.667. The first-order chi connectivity index (χ1) is 7.58. The van der Waals surface area contributed by atoms with Crippen LogP contribution in [-0.4, -0.2) is 50.1 Å². The van der Waals surface area contributed by atoms with Gasteiger partial charge in [-0.1, -0.05) is 10.3 Å². The molecule has 0 saturated carbocycles. The van der Waals surface area contributed by atoms with Gasteiger partial charge in [-0.15, -0.1) is 0 Å². The lowest BCUT2D eigenvalue weighted by molar-refractivity contribution is -0.142. The van der Waals surface area contributed by atoms with Crippen LogP contribution in [0, 0.1) is 6.92 Å². The summed E-state index contributed by atoms with van der Waals surface area (Å²) >= 11 is 0. The van der Waals surface area contributed by atoms with Crippen molar-refractivity contribution in [2.75, 3.05) is 6.54 Å². The van der Waals surface area contributed by atoms with E-state index in [-0.39, 0.29) is 6.42 Å². The van der Waals surface area contributed by atoms with Gasteiger partial charge in [-0.25, -0.2) is 4.63 Å². The molecule has 7 nitrogen and oxygen atoms in total. The number of aromatic nitrogens is 2. The first kappa shape index (κ1) is 11.0. The Morgan fingerprint density at radius 1 is 1.62 bits per heavy atom. The second-order valence-electron chi connectivity index (χ2n) is 3.97. The summed E-state index contributed by atoms with van der Waals surface area (Å²) < 4.78 is 4.54. The van der Waals surface area contributed by atoms with Crippen molar-refractivity contribution in [1.82, 2.24) is 15.2 Å². The molecular weight excluding hydrogens is 214 g/mol. The maximum Gasteiger partial charge on any atom is 0.321 e. The van der Waals surface area contributed by atoms with Gasteiger partial charge in [0.15, 0.2) is 0 Å².